The van der Waals surface area contributed by atoms with Gasteiger partial charge in [0.15, 0.2) is 6.39 Å². The molecule has 56 valence electrons. The van der Waals surface area contributed by atoms with Gasteiger partial charge in [-0.2, -0.15) is 0 Å². The highest BCUT2D eigenvalue weighted by atomic mass is 35.5. The molecule has 1 aliphatic carbocycles. The smallest absolute Gasteiger partial charge is 0.181 e. The minimum absolute atomic E-state index is 0. The Morgan fingerprint density at radius 2 is 2.50 bits per heavy atom. The Morgan fingerprint density at radius 3 is 3.20 bits per heavy atom. The lowest BCUT2D eigenvalue weighted by Crippen LogP contribution is -2.05. The van der Waals surface area contributed by atoms with Crippen LogP contribution < -0.4 is 5.73 Å². The zero-order valence-corrected chi connectivity index (χ0v) is 6.23. The van der Waals surface area contributed by atoms with Gasteiger partial charge in [0.2, 0.25) is 0 Å². The molecule has 1 aliphatic rings. The van der Waals surface area contributed by atoms with Crippen molar-refractivity contribution in [3.05, 3.63) is 17.8 Å². The van der Waals surface area contributed by atoms with Crippen LogP contribution in [0.25, 0.3) is 0 Å². The van der Waals surface area contributed by atoms with E-state index < -0.39 is 0 Å². The summed E-state index contributed by atoms with van der Waals surface area (Å²) < 4.78 is 5.06. The van der Waals surface area contributed by atoms with Gasteiger partial charge in [0.1, 0.15) is 5.76 Å². The Morgan fingerprint density at radius 1 is 1.70 bits per heavy atom. The van der Waals surface area contributed by atoms with Gasteiger partial charge in [0.05, 0.1) is 11.7 Å². The molecule has 2 rings (SSSR count). The van der Waals surface area contributed by atoms with Crippen molar-refractivity contribution in [2.75, 3.05) is 0 Å². The van der Waals surface area contributed by atoms with Crippen molar-refractivity contribution < 1.29 is 4.42 Å². The van der Waals surface area contributed by atoms with Crippen LogP contribution in [0.5, 0.6) is 0 Å². The standard InChI is InChI=1S/C6H8N2O.ClH/c7-4-1-2-5-6(4)8-3-9-5;/h3-4H,1-2,7H2;1H. The van der Waals surface area contributed by atoms with Gasteiger partial charge in [-0.15, -0.1) is 12.4 Å². The van der Waals surface area contributed by atoms with Crippen LogP contribution in [0, 0.1) is 0 Å². The number of hydrogen-bond donors (Lipinski definition) is 1. The highest BCUT2D eigenvalue weighted by molar-refractivity contribution is 5.85. The van der Waals surface area contributed by atoms with Crippen molar-refractivity contribution in [3.63, 3.8) is 0 Å². The van der Waals surface area contributed by atoms with E-state index in [9.17, 15) is 0 Å². The average Bonchev–Trinajstić information content (AvgIpc) is 2.35. The van der Waals surface area contributed by atoms with Crippen LogP contribution in [0.2, 0.25) is 0 Å². The third kappa shape index (κ3) is 0.914. The minimum Gasteiger partial charge on any atom is -0.448 e. The van der Waals surface area contributed by atoms with Gasteiger partial charge in [-0.05, 0) is 6.42 Å². The zero-order valence-electron chi connectivity index (χ0n) is 5.41. The van der Waals surface area contributed by atoms with Gasteiger partial charge in [-0.3, -0.25) is 0 Å². The van der Waals surface area contributed by atoms with E-state index in [2.05, 4.69) is 4.98 Å². The van der Waals surface area contributed by atoms with Crippen LogP contribution in [0.4, 0.5) is 0 Å². The topological polar surface area (TPSA) is 52.0 Å². The molecular formula is C6H9ClN2O. The largest absolute Gasteiger partial charge is 0.448 e. The maximum absolute atomic E-state index is 5.67. The Hall–Kier alpha value is -0.540. The summed E-state index contributed by atoms with van der Waals surface area (Å²) in [6.07, 6.45) is 3.40. The fourth-order valence-electron chi connectivity index (χ4n) is 1.19. The SMILES string of the molecule is Cl.NC1CCc2ocnc21. The normalized spacial score (nSPS) is 21.9. The maximum Gasteiger partial charge on any atom is 0.181 e. The van der Waals surface area contributed by atoms with Crippen molar-refractivity contribution in [1.82, 2.24) is 4.98 Å². The number of aryl methyl sites for hydroxylation is 1. The van der Waals surface area contributed by atoms with E-state index in [-0.39, 0.29) is 18.4 Å². The van der Waals surface area contributed by atoms with Crippen molar-refractivity contribution in [3.8, 4) is 0 Å². The summed E-state index contributed by atoms with van der Waals surface area (Å²) in [7, 11) is 0. The molecule has 0 fully saturated rings. The molecule has 1 aromatic rings. The van der Waals surface area contributed by atoms with Gasteiger partial charge in [-0.25, -0.2) is 4.98 Å². The predicted octanol–water partition coefficient (Wildman–Crippen LogP) is 1.04. The van der Waals surface area contributed by atoms with Crippen LogP contribution in [0.1, 0.15) is 23.9 Å². The van der Waals surface area contributed by atoms with Crippen molar-refractivity contribution >= 4 is 12.4 Å². The van der Waals surface area contributed by atoms with E-state index in [0.717, 1.165) is 24.3 Å². The van der Waals surface area contributed by atoms with E-state index in [1.54, 1.807) is 0 Å². The second-order valence-electron chi connectivity index (χ2n) is 2.31. The first-order chi connectivity index (χ1) is 4.38. The van der Waals surface area contributed by atoms with Gasteiger partial charge in [-0.1, -0.05) is 0 Å². The van der Waals surface area contributed by atoms with Gasteiger partial charge in [0.25, 0.3) is 0 Å². The molecule has 1 atom stereocenters. The average molecular weight is 161 g/mol. The molecule has 1 heterocycles. The molecule has 0 saturated carbocycles. The summed E-state index contributed by atoms with van der Waals surface area (Å²) >= 11 is 0. The molecule has 10 heavy (non-hydrogen) atoms. The maximum atomic E-state index is 5.67. The van der Waals surface area contributed by atoms with Crippen molar-refractivity contribution in [2.24, 2.45) is 5.73 Å². The second kappa shape index (κ2) is 2.60. The fourth-order valence-corrected chi connectivity index (χ4v) is 1.19. The Kier molecular flexibility index (Phi) is 1.97. The van der Waals surface area contributed by atoms with Crippen LogP contribution in [0.3, 0.4) is 0 Å². The number of halogens is 1. The molecule has 0 saturated heterocycles. The van der Waals surface area contributed by atoms with Gasteiger partial charge >= 0.3 is 0 Å². The third-order valence-corrected chi connectivity index (χ3v) is 1.71. The molecule has 0 radical (unpaired) electrons. The first kappa shape index (κ1) is 7.57. The number of hydrogen-bond acceptors (Lipinski definition) is 3. The lowest BCUT2D eigenvalue weighted by Gasteiger charge is -1.94. The third-order valence-electron chi connectivity index (χ3n) is 1.71. The Balaban J connectivity index is 0.000000500. The number of nitrogens with two attached hydrogens (primary N) is 1. The summed E-state index contributed by atoms with van der Waals surface area (Å²) in [6.45, 7) is 0. The molecule has 1 aromatic heterocycles. The first-order valence-corrected chi connectivity index (χ1v) is 3.06. The molecule has 3 nitrogen and oxygen atoms in total. The molecular weight excluding hydrogens is 152 g/mol. The molecule has 4 heteroatoms. The molecule has 2 N–H and O–H groups in total. The highest BCUT2D eigenvalue weighted by Gasteiger charge is 2.22. The minimum atomic E-state index is 0. The van der Waals surface area contributed by atoms with E-state index in [1.807, 2.05) is 0 Å². The number of oxazole rings is 1. The van der Waals surface area contributed by atoms with Gasteiger partial charge in [0, 0.05) is 6.42 Å². The van der Waals surface area contributed by atoms with Crippen LogP contribution >= 0.6 is 12.4 Å². The van der Waals surface area contributed by atoms with Crippen LogP contribution in [0.15, 0.2) is 10.8 Å². The molecule has 0 spiro atoms. The lowest BCUT2D eigenvalue weighted by molar-refractivity contribution is 0.505. The molecule has 0 amide bonds. The molecule has 1 unspecified atom stereocenters. The highest BCUT2D eigenvalue weighted by Crippen LogP contribution is 2.26. The lowest BCUT2D eigenvalue weighted by atomic mass is 10.3. The fraction of sp³-hybridized carbons (Fsp3) is 0.500. The van der Waals surface area contributed by atoms with Crippen molar-refractivity contribution in [2.45, 2.75) is 18.9 Å². The molecule has 0 aromatic carbocycles. The van der Waals surface area contributed by atoms with Crippen molar-refractivity contribution in [1.29, 1.82) is 0 Å². The van der Waals surface area contributed by atoms with Gasteiger partial charge < -0.3 is 10.2 Å². The number of rotatable bonds is 0. The Labute approximate surface area is 65.0 Å². The van der Waals surface area contributed by atoms with E-state index in [0.29, 0.717) is 0 Å². The molecule has 0 aliphatic heterocycles. The monoisotopic (exact) mass is 160 g/mol. The summed E-state index contributed by atoms with van der Waals surface area (Å²) in [4.78, 5) is 3.99. The van der Waals surface area contributed by atoms with Crippen LogP contribution in [-0.4, -0.2) is 4.98 Å². The number of fused-ring (bicyclic) bond motifs is 1. The predicted molar refractivity (Wildman–Crippen MR) is 39.0 cm³/mol. The van der Waals surface area contributed by atoms with E-state index in [1.165, 1.54) is 6.39 Å². The molecule has 0 bridgehead atoms. The van der Waals surface area contributed by atoms with Crippen LogP contribution in [-0.2, 0) is 6.42 Å². The second-order valence-corrected chi connectivity index (χ2v) is 2.31. The number of nitrogens with zero attached hydrogens (tertiary/aromatic N) is 1. The van der Waals surface area contributed by atoms with E-state index in [4.69, 9.17) is 10.2 Å². The Bertz CT molecular complexity index is 223. The first-order valence-electron chi connectivity index (χ1n) is 3.06. The van der Waals surface area contributed by atoms with E-state index >= 15 is 0 Å². The summed E-state index contributed by atoms with van der Waals surface area (Å²) in [5.74, 6) is 0.975. The summed E-state index contributed by atoms with van der Waals surface area (Å²) in [5, 5.41) is 0. The summed E-state index contributed by atoms with van der Waals surface area (Å²) in [5.41, 5.74) is 6.62. The number of aromatic nitrogens is 1. The quantitative estimate of drug-likeness (QED) is 0.617. The summed E-state index contributed by atoms with van der Waals surface area (Å²) in [6, 6.07) is 0.124. The zero-order chi connectivity index (χ0) is 6.27.